The van der Waals surface area contributed by atoms with Crippen LogP contribution in [0.2, 0.25) is 0 Å². The first-order chi connectivity index (χ1) is 12.8. The van der Waals surface area contributed by atoms with Crippen molar-refractivity contribution < 1.29 is 14.3 Å². The van der Waals surface area contributed by atoms with Gasteiger partial charge in [0.1, 0.15) is 5.71 Å². The normalized spacial score (nSPS) is 12.7. The zero-order valence-electron chi connectivity index (χ0n) is 13.8. The fourth-order valence-electron chi connectivity index (χ4n) is 2.58. The van der Waals surface area contributed by atoms with Crippen LogP contribution in [0.4, 0.5) is 0 Å². The van der Waals surface area contributed by atoms with E-state index in [4.69, 9.17) is 9.47 Å². The Bertz CT molecular complexity index is 915. The fourth-order valence-corrected chi connectivity index (χ4v) is 2.58. The number of hydrogen-bond acceptors (Lipinski definition) is 5. The molecule has 4 rings (SSSR count). The second-order valence-electron chi connectivity index (χ2n) is 5.55. The molecule has 128 valence electrons. The largest absolute Gasteiger partial charge is 0.454 e. The van der Waals surface area contributed by atoms with E-state index in [1.165, 1.54) is 0 Å². The number of carbonyl (C=O) groups is 1. The third kappa shape index (κ3) is 3.25. The Balaban J connectivity index is 1.62. The molecule has 3 aromatic rings. The maximum atomic E-state index is 12.5. The number of nitrogens with one attached hydrogen (secondary N) is 1. The van der Waals surface area contributed by atoms with Crippen molar-refractivity contribution in [3.63, 3.8) is 0 Å². The second kappa shape index (κ2) is 7.06. The van der Waals surface area contributed by atoms with E-state index in [1.807, 2.05) is 48.5 Å². The molecule has 1 aliphatic heterocycles. The molecule has 1 aliphatic rings. The summed E-state index contributed by atoms with van der Waals surface area (Å²) in [6.07, 6.45) is 1.69. The number of pyridine rings is 1. The third-order valence-corrected chi connectivity index (χ3v) is 3.86. The van der Waals surface area contributed by atoms with Crippen molar-refractivity contribution in [2.45, 2.75) is 0 Å². The maximum Gasteiger partial charge on any atom is 0.271 e. The Kier molecular flexibility index (Phi) is 4.30. The number of hydrogen-bond donors (Lipinski definition) is 1. The molecular formula is C20H15N3O3. The summed E-state index contributed by atoms with van der Waals surface area (Å²) in [7, 11) is 0. The lowest BCUT2D eigenvalue weighted by Gasteiger charge is -2.07. The molecule has 0 saturated heterocycles. The van der Waals surface area contributed by atoms with E-state index < -0.39 is 0 Å². The van der Waals surface area contributed by atoms with Crippen LogP contribution in [-0.4, -0.2) is 23.4 Å². The lowest BCUT2D eigenvalue weighted by molar-refractivity contribution is 0.0954. The lowest BCUT2D eigenvalue weighted by Crippen LogP contribution is -2.21. The Morgan fingerprint density at radius 1 is 0.923 bits per heavy atom. The van der Waals surface area contributed by atoms with Gasteiger partial charge in [0.15, 0.2) is 11.5 Å². The number of carbonyl (C=O) groups excluding carboxylic acids is 1. The number of hydrazone groups is 1. The number of ether oxygens (including phenoxy) is 2. The highest BCUT2D eigenvalue weighted by Gasteiger charge is 2.16. The van der Waals surface area contributed by atoms with Crippen LogP contribution in [-0.2, 0) is 0 Å². The molecule has 0 spiro atoms. The summed E-state index contributed by atoms with van der Waals surface area (Å²) in [5.74, 6) is 0.839. The number of fused-ring (bicyclic) bond motifs is 1. The van der Waals surface area contributed by atoms with Gasteiger partial charge in [-0.3, -0.25) is 9.78 Å². The number of aromatic nitrogens is 1. The molecule has 2 aromatic carbocycles. The topological polar surface area (TPSA) is 72.8 Å². The highest BCUT2D eigenvalue weighted by atomic mass is 16.7. The van der Waals surface area contributed by atoms with E-state index in [-0.39, 0.29) is 12.7 Å². The number of benzene rings is 2. The lowest BCUT2D eigenvalue weighted by atomic mass is 10.1. The number of nitrogens with zero attached hydrogens (tertiary/aromatic N) is 2. The molecule has 0 radical (unpaired) electrons. The molecule has 26 heavy (non-hydrogen) atoms. The van der Waals surface area contributed by atoms with Gasteiger partial charge in [-0.2, -0.15) is 5.10 Å². The Morgan fingerprint density at radius 3 is 2.54 bits per heavy atom. The highest BCUT2D eigenvalue weighted by Crippen LogP contribution is 2.32. The van der Waals surface area contributed by atoms with Gasteiger partial charge in [-0.15, -0.1) is 0 Å². The average molecular weight is 345 g/mol. The molecular weight excluding hydrogens is 330 g/mol. The molecule has 0 saturated carbocycles. The molecule has 2 heterocycles. The van der Waals surface area contributed by atoms with Crippen LogP contribution < -0.4 is 14.9 Å². The summed E-state index contributed by atoms with van der Waals surface area (Å²) >= 11 is 0. The first kappa shape index (κ1) is 15.8. The maximum absolute atomic E-state index is 12.5. The van der Waals surface area contributed by atoms with Crippen LogP contribution in [0.3, 0.4) is 0 Å². The van der Waals surface area contributed by atoms with Gasteiger partial charge in [0.05, 0.1) is 5.69 Å². The van der Waals surface area contributed by atoms with E-state index >= 15 is 0 Å². The van der Waals surface area contributed by atoms with Crippen LogP contribution in [0.25, 0.3) is 0 Å². The van der Waals surface area contributed by atoms with E-state index in [0.717, 1.165) is 5.56 Å². The van der Waals surface area contributed by atoms with E-state index in [2.05, 4.69) is 15.5 Å². The van der Waals surface area contributed by atoms with Crippen molar-refractivity contribution >= 4 is 11.6 Å². The van der Waals surface area contributed by atoms with Crippen molar-refractivity contribution in [2.24, 2.45) is 5.10 Å². The van der Waals surface area contributed by atoms with E-state index in [1.54, 1.807) is 24.4 Å². The molecule has 6 heteroatoms. The first-order valence-electron chi connectivity index (χ1n) is 8.06. The van der Waals surface area contributed by atoms with Gasteiger partial charge in [-0.05, 0) is 30.3 Å². The number of rotatable bonds is 4. The van der Waals surface area contributed by atoms with Crippen molar-refractivity contribution in [3.05, 3.63) is 89.7 Å². The summed E-state index contributed by atoms with van der Waals surface area (Å²) < 4.78 is 10.6. The fraction of sp³-hybridized carbons (Fsp3) is 0.0500. The van der Waals surface area contributed by atoms with Crippen LogP contribution in [0.1, 0.15) is 21.6 Å². The summed E-state index contributed by atoms with van der Waals surface area (Å²) in [6.45, 7) is 0.163. The zero-order chi connectivity index (χ0) is 17.8. The number of amides is 1. The smallest absolute Gasteiger partial charge is 0.271 e. The highest BCUT2D eigenvalue weighted by molar-refractivity contribution is 6.12. The van der Waals surface area contributed by atoms with Gasteiger partial charge in [0.2, 0.25) is 6.79 Å². The standard InChI is InChI=1S/C20H15N3O3/c24-20(15-9-10-17-18(12-15)26-13-25-17)23-22-19(14-6-2-1-3-7-14)16-8-4-5-11-21-16/h1-12H,13H2,(H,23,24). The Hall–Kier alpha value is -3.67. The minimum absolute atomic E-state index is 0.163. The summed E-state index contributed by atoms with van der Waals surface area (Å²) in [4.78, 5) is 16.8. The molecule has 0 aliphatic carbocycles. The monoisotopic (exact) mass is 345 g/mol. The van der Waals surface area contributed by atoms with Gasteiger partial charge in [0.25, 0.3) is 5.91 Å². The molecule has 0 fully saturated rings. The summed E-state index contributed by atoms with van der Waals surface area (Å²) in [5, 5.41) is 4.32. The van der Waals surface area contributed by atoms with Crippen molar-refractivity contribution in [1.29, 1.82) is 0 Å². The summed E-state index contributed by atoms with van der Waals surface area (Å²) in [5.41, 5.74) is 5.15. The van der Waals surface area contributed by atoms with E-state index in [0.29, 0.717) is 28.5 Å². The van der Waals surface area contributed by atoms with Gasteiger partial charge < -0.3 is 9.47 Å². The quantitative estimate of drug-likeness (QED) is 0.583. The molecule has 0 bridgehead atoms. The van der Waals surface area contributed by atoms with Crippen molar-refractivity contribution in [2.75, 3.05) is 6.79 Å². The molecule has 6 nitrogen and oxygen atoms in total. The molecule has 1 amide bonds. The summed E-state index contributed by atoms with van der Waals surface area (Å²) in [6, 6.07) is 20.1. The van der Waals surface area contributed by atoms with Crippen LogP contribution in [0.15, 0.2) is 78.0 Å². The van der Waals surface area contributed by atoms with Crippen molar-refractivity contribution in [3.8, 4) is 11.5 Å². The Labute approximate surface area is 150 Å². The predicted octanol–water partition coefficient (Wildman–Crippen LogP) is 2.99. The Morgan fingerprint density at radius 2 is 1.73 bits per heavy atom. The predicted molar refractivity (Wildman–Crippen MR) is 96.3 cm³/mol. The van der Waals surface area contributed by atoms with Gasteiger partial charge in [-0.25, -0.2) is 5.43 Å². The van der Waals surface area contributed by atoms with Crippen LogP contribution in [0, 0.1) is 0 Å². The van der Waals surface area contributed by atoms with Crippen LogP contribution in [0.5, 0.6) is 11.5 Å². The molecule has 0 unspecified atom stereocenters. The van der Waals surface area contributed by atoms with Gasteiger partial charge in [-0.1, -0.05) is 36.4 Å². The molecule has 1 aromatic heterocycles. The molecule has 1 N–H and O–H groups in total. The van der Waals surface area contributed by atoms with E-state index in [9.17, 15) is 4.79 Å². The zero-order valence-corrected chi connectivity index (χ0v) is 13.8. The third-order valence-electron chi connectivity index (χ3n) is 3.86. The van der Waals surface area contributed by atoms with Crippen molar-refractivity contribution in [1.82, 2.24) is 10.4 Å². The minimum Gasteiger partial charge on any atom is -0.454 e. The SMILES string of the molecule is O=C(NN=C(c1ccccc1)c1ccccn1)c1ccc2c(c1)OCO2. The van der Waals surface area contributed by atoms with Crippen LogP contribution >= 0.6 is 0 Å². The minimum atomic E-state index is -0.340. The first-order valence-corrected chi connectivity index (χ1v) is 8.06. The van der Waals surface area contributed by atoms with Gasteiger partial charge >= 0.3 is 0 Å². The molecule has 0 atom stereocenters. The van der Waals surface area contributed by atoms with Gasteiger partial charge in [0, 0.05) is 17.3 Å². The second-order valence-corrected chi connectivity index (χ2v) is 5.55. The average Bonchev–Trinajstić information content (AvgIpc) is 3.17.